The highest BCUT2D eigenvalue weighted by Gasteiger charge is 2.22. The topological polar surface area (TPSA) is 50.3 Å². The van der Waals surface area contributed by atoms with Crippen molar-refractivity contribution in [2.45, 2.75) is 24.7 Å². The molecule has 0 unspecified atom stereocenters. The van der Waals surface area contributed by atoms with Crippen LogP contribution in [0.1, 0.15) is 25.5 Å². The van der Waals surface area contributed by atoms with E-state index in [-0.39, 0.29) is 5.92 Å². The SMILES string of the molecule is CC(C)c1ncccc1S(=O)(=O)N(C)C. The Hall–Kier alpha value is -0.940. The number of hydrogen-bond acceptors (Lipinski definition) is 3. The third kappa shape index (κ3) is 2.35. The summed E-state index contributed by atoms with van der Waals surface area (Å²) in [5, 5.41) is 0. The van der Waals surface area contributed by atoms with Crippen molar-refractivity contribution in [1.29, 1.82) is 0 Å². The highest BCUT2D eigenvalue weighted by Crippen LogP contribution is 2.22. The van der Waals surface area contributed by atoms with E-state index in [9.17, 15) is 8.42 Å². The fraction of sp³-hybridized carbons (Fsp3) is 0.500. The van der Waals surface area contributed by atoms with Gasteiger partial charge in [-0.15, -0.1) is 0 Å². The Kier molecular flexibility index (Phi) is 3.46. The van der Waals surface area contributed by atoms with Crippen LogP contribution < -0.4 is 0 Å². The molecule has 0 saturated carbocycles. The molecule has 0 radical (unpaired) electrons. The normalized spacial score (nSPS) is 12.4. The van der Waals surface area contributed by atoms with Gasteiger partial charge in [0.2, 0.25) is 10.0 Å². The number of hydrogen-bond donors (Lipinski definition) is 0. The summed E-state index contributed by atoms with van der Waals surface area (Å²) < 4.78 is 25.1. The second-order valence-electron chi connectivity index (χ2n) is 3.83. The average Bonchev–Trinajstić information content (AvgIpc) is 2.17. The van der Waals surface area contributed by atoms with Crippen LogP contribution in [0.5, 0.6) is 0 Å². The number of aromatic nitrogens is 1. The molecule has 0 atom stereocenters. The van der Waals surface area contributed by atoms with Crippen molar-refractivity contribution in [3.8, 4) is 0 Å². The van der Waals surface area contributed by atoms with Crippen molar-refractivity contribution in [1.82, 2.24) is 9.29 Å². The summed E-state index contributed by atoms with van der Waals surface area (Å²) in [5.41, 5.74) is 0.617. The molecule has 0 aliphatic rings. The largest absolute Gasteiger partial charge is 0.260 e. The molecule has 1 aromatic rings. The van der Waals surface area contributed by atoms with Crippen LogP contribution in [0, 0.1) is 0 Å². The van der Waals surface area contributed by atoms with Crippen molar-refractivity contribution in [3.05, 3.63) is 24.0 Å². The van der Waals surface area contributed by atoms with E-state index in [1.807, 2.05) is 13.8 Å². The van der Waals surface area contributed by atoms with Crippen LogP contribution in [-0.4, -0.2) is 31.8 Å². The number of sulfonamides is 1. The van der Waals surface area contributed by atoms with Gasteiger partial charge in [0.15, 0.2) is 0 Å². The molecule has 1 aromatic heterocycles. The van der Waals surface area contributed by atoms with Crippen LogP contribution in [0.4, 0.5) is 0 Å². The van der Waals surface area contributed by atoms with Gasteiger partial charge in [0.05, 0.1) is 5.69 Å². The Morgan fingerprint density at radius 3 is 2.40 bits per heavy atom. The standard InChI is InChI=1S/C10H16N2O2S/c1-8(2)10-9(6-5-7-11-10)15(13,14)12(3)4/h5-8H,1-4H3. The third-order valence-corrected chi connectivity index (χ3v) is 3.97. The zero-order chi connectivity index (χ0) is 11.6. The molecule has 1 heterocycles. The number of nitrogens with zero attached hydrogens (tertiary/aromatic N) is 2. The molecule has 0 fully saturated rings. The van der Waals surface area contributed by atoms with E-state index in [1.54, 1.807) is 18.3 Å². The first-order valence-electron chi connectivity index (χ1n) is 4.74. The summed E-state index contributed by atoms with van der Waals surface area (Å²) >= 11 is 0. The maximum absolute atomic E-state index is 11.9. The lowest BCUT2D eigenvalue weighted by molar-refractivity contribution is 0.518. The molecular weight excluding hydrogens is 212 g/mol. The molecule has 0 aromatic carbocycles. The van der Waals surface area contributed by atoms with E-state index in [4.69, 9.17) is 0 Å². The molecule has 5 heteroatoms. The van der Waals surface area contributed by atoms with Crippen LogP contribution in [0.2, 0.25) is 0 Å². The quantitative estimate of drug-likeness (QED) is 0.787. The zero-order valence-corrected chi connectivity index (χ0v) is 10.2. The molecule has 0 aliphatic carbocycles. The summed E-state index contributed by atoms with van der Waals surface area (Å²) in [6, 6.07) is 3.24. The monoisotopic (exact) mass is 228 g/mol. The molecule has 15 heavy (non-hydrogen) atoms. The van der Waals surface area contributed by atoms with Gasteiger partial charge in [-0.2, -0.15) is 0 Å². The average molecular weight is 228 g/mol. The number of pyridine rings is 1. The smallest absolute Gasteiger partial charge is 0.244 e. The molecule has 0 N–H and O–H groups in total. The van der Waals surface area contributed by atoms with E-state index in [0.717, 1.165) is 0 Å². The second-order valence-corrected chi connectivity index (χ2v) is 5.95. The van der Waals surface area contributed by atoms with Crippen LogP contribution in [0.3, 0.4) is 0 Å². The van der Waals surface area contributed by atoms with Gasteiger partial charge in [-0.1, -0.05) is 13.8 Å². The predicted molar refractivity (Wildman–Crippen MR) is 59.2 cm³/mol. The first kappa shape index (κ1) is 12.1. The maximum Gasteiger partial charge on any atom is 0.244 e. The van der Waals surface area contributed by atoms with E-state index in [0.29, 0.717) is 10.6 Å². The minimum absolute atomic E-state index is 0.0934. The van der Waals surface area contributed by atoms with Gasteiger partial charge < -0.3 is 0 Å². The van der Waals surface area contributed by atoms with Gasteiger partial charge in [0.1, 0.15) is 4.90 Å². The van der Waals surface area contributed by atoms with Crippen molar-refractivity contribution in [2.75, 3.05) is 14.1 Å². The van der Waals surface area contributed by atoms with Crippen LogP contribution >= 0.6 is 0 Å². The van der Waals surface area contributed by atoms with E-state index < -0.39 is 10.0 Å². The molecule has 1 rings (SSSR count). The molecule has 0 saturated heterocycles. The van der Waals surface area contributed by atoms with Crippen molar-refractivity contribution in [3.63, 3.8) is 0 Å². The first-order valence-corrected chi connectivity index (χ1v) is 6.19. The molecular formula is C10H16N2O2S. The highest BCUT2D eigenvalue weighted by molar-refractivity contribution is 7.89. The van der Waals surface area contributed by atoms with Crippen LogP contribution in [0.15, 0.2) is 23.2 Å². The molecule has 4 nitrogen and oxygen atoms in total. The fourth-order valence-electron chi connectivity index (χ4n) is 1.25. The summed E-state index contributed by atoms with van der Waals surface area (Å²) in [5.74, 6) is 0.0934. The van der Waals surface area contributed by atoms with Gasteiger partial charge in [0, 0.05) is 20.3 Å². The fourth-order valence-corrected chi connectivity index (χ4v) is 2.45. The third-order valence-electron chi connectivity index (χ3n) is 2.11. The second kappa shape index (κ2) is 4.28. The lowest BCUT2D eigenvalue weighted by Crippen LogP contribution is -2.24. The minimum atomic E-state index is -3.38. The maximum atomic E-state index is 11.9. The molecule has 0 amide bonds. The summed E-state index contributed by atoms with van der Waals surface area (Å²) in [6.07, 6.45) is 1.62. The first-order chi connectivity index (χ1) is 6.87. The van der Waals surface area contributed by atoms with Gasteiger partial charge in [-0.05, 0) is 18.1 Å². The van der Waals surface area contributed by atoms with Crippen molar-refractivity contribution in [2.24, 2.45) is 0 Å². The van der Waals surface area contributed by atoms with Gasteiger partial charge >= 0.3 is 0 Å². The molecule has 0 bridgehead atoms. The summed E-state index contributed by atoms with van der Waals surface area (Å²) in [4.78, 5) is 4.42. The summed E-state index contributed by atoms with van der Waals surface area (Å²) in [6.45, 7) is 3.86. The van der Waals surface area contributed by atoms with E-state index in [2.05, 4.69) is 4.98 Å². The lowest BCUT2D eigenvalue weighted by Gasteiger charge is -2.15. The Morgan fingerprint density at radius 2 is 1.93 bits per heavy atom. The Bertz CT molecular complexity index is 438. The van der Waals surface area contributed by atoms with Crippen LogP contribution in [0.25, 0.3) is 0 Å². The van der Waals surface area contributed by atoms with E-state index in [1.165, 1.54) is 18.4 Å². The van der Waals surface area contributed by atoms with Crippen molar-refractivity contribution >= 4 is 10.0 Å². The highest BCUT2D eigenvalue weighted by atomic mass is 32.2. The molecule has 84 valence electrons. The van der Waals surface area contributed by atoms with E-state index >= 15 is 0 Å². The Labute approximate surface area is 91.0 Å². The Morgan fingerprint density at radius 1 is 1.33 bits per heavy atom. The molecule has 0 spiro atoms. The molecule has 0 aliphatic heterocycles. The van der Waals surface area contributed by atoms with Crippen molar-refractivity contribution < 1.29 is 8.42 Å². The summed E-state index contributed by atoms with van der Waals surface area (Å²) in [7, 11) is -0.341. The number of rotatable bonds is 3. The van der Waals surface area contributed by atoms with Gasteiger partial charge in [0.25, 0.3) is 0 Å². The lowest BCUT2D eigenvalue weighted by atomic mass is 10.1. The van der Waals surface area contributed by atoms with Crippen LogP contribution in [-0.2, 0) is 10.0 Å². The predicted octanol–water partition coefficient (Wildman–Crippen LogP) is 1.46. The Balaban J connectivity index is 3.38. The minimum Gasteiger partial charge on any atom is -0.260 e. The van der Waals surface area contributed by atoms with Gasteiger partial charge in [-0.3, -0.25) is 4.98 Å². The zero-order valence-electron chi connectivity index (χ0n) is 9.43. The van der Waals surface area contributed by atoms with Gasteiger partial charge in [-0.25, -0.2) is 12.7 Å².